The summed E-state index contributed by atoms with van der Waals surface area (Å²) in [4.78, 5) is 30.2. The summed E-state index contributed by atoms with van der Waals surface area (Å²) in [6.07, 6.45) is 5.74. The van der Waals surface area contributed by atoms with Gasteiger partial charge in [0.2, 0.25) is 11.8 Å². The Labute approximate surface area is 194 Å². The number of benzene rings is 1. The first-order valence-electron chi connectivity index (χ1n) is 10.2. The molecule has 2 N–H and O–H groups in total. The Morgan fingerprint density at radius 3 is 2.88 bits per heavy atom. The van der Waals surface area contributed by atoms with Gasteiger partial charge in [-0.1, -0.05) is 19.1 Å². The van der Waals surface area contributed by atoms with Crippen molar-refractivity contribution in [2.75, 3.05) is 32.6 Å². The predicted octanol–water partition coefficient (Wildman–Crippen LogP) is 3.01. The number of amides is 2. The second-order valence-corrected chi connectivity index (χ2v) is 7.25. The maximum atomic E-state index is 12.7. The highest BCUT2D eigenvalue weighted by atomic mass is 35.5. The van der Waals surface area contributed by atoms with Crippen molar-refractivity contribution in [3.63, 3.8) is 0 Å². The summed E-state index contributed by atoms with van der Waals surface area (Å²) in [7, 11) is 3.34. The van der Waals surface area contributed by atoms with Gasteiger partial charge in [0.1, 0.15) is 5.82 Å². The van der Waals surface area contributed by atoms with Crippen molar-refractivity contribution in [2.45, 2.75) is 26.4 Å². The molecule has 3 rings (SSSR count). The van der Waals surface area contributed by atoms with Crippen LogP contribution in [0.3, 0.4) is 0 Å². The molecule has 1 aliphatic rings. The normalized spacial score (nSPS) is 12.9. The number of pyridine rings is 1. The van der Waals surface area contributed by atoms with Crippen LogP contribution in [0, 0.1) is 0 Å². The van der Waals surface area contributed by atoms with Gasteiger partial charge in [0, 0.05) is 43.5 Å². The Kier molecular flexibility index (Phi) is 9.49. The number of carbonyl (C=O) groups excluding carboxylic acids is 2. The molecule has 8 nitrogen and oxygen atoms in total. The minimum Gasteiger partial charge on any atom is -0.493 e. The first kappa shape index (κ1) is 25.2. The molecule has 0 saturated carbocycles. The van der Waals surface area contributed by atoms with Crippen molar-refractivity contribution in [3.05, 3.63) is 53.2 Å². The standard InChI is InChI=1S/C23H28N4O4.ClH/c1-4-10-31-22-17(6-5-7-19(22)30-3)15-27(2)21(29)9-8-16-11-18-13-24-14-20(28)26-23(18)25-12-16;/h5-9,11-12,24H,4,10,13-15H2,1-3H3,(H,25,26,28);1H/b9-8+;. The molecule has 0 aliphatic carbocycles. The highest BCUT2D eigenvalue weighted by Gasteiger charge is 2.15. The number of halogens is 1. The lowest BCUT2D eigenvalue weighted by atomic mass is 10.1. The summed E-state index contributed by atoms with van der Waals surface area (Å²) in [6, 6.07) is 7.57. The van der Waals surface area contributed by atoms with Gasteiger partial charge < -0.3 is 25.0 Å². The van der Waals surface area contributed by atoms with Gasteiger partial charge in [-0.3, -0.25) is 9.59 Å². The van der Waals surface area contributed by atoms with Gasteiger partial charge in [0.05, 0.1) is 20.3 Å². The van der Waals surface area contributed by atoms with Crippen molar-refractivity contribution >= 4 is 36.1 Å². The van der Waals surface area contributed by atoms with Gasteiger partial charge in [0.15, 0.2) is 11.5 Å². The maximum Gasteiger partial charge on any atom is 0.246 e. The van der Waals surface area contributed by atoms with E-state index in [1.807, 2.05) is 31.2 Å². The Bertz CT molecular complexity index is 980. The van der Waals surface area contributed by atoms with Gasteiger partial charge >= 0.3 is 0 Å². The molecule has 9 heteroatoms. The summed E-state index contributed by atoms with van der Waals surface area (Å²) >= 11 is 0. The number of nitrogens with one attached hydrogen (secondary N) is 2. The molecule has 1 aliphatic heterocycles. The zero-order chi connectivity index (χ0) is 22.2. The fraction of sp³-hybridized carbons (Fsp3) is 0.348. The van der Waals surface area contributed by atoms with Crippen molar-refractivity contribution < 1.29 is 19.1 Å². The van der Waals surface area contributed by atoms with Crippen molar-refractivity contribution in [1.29, 1.82) is 0 Å². The van der Waals surface area contributed by atoms with E-state index in [0.717, 1.165) is 23.1 Å². The SMILES string of the molecule is CCCOc1c(CN(C)C(=O)/C=C/c2cnc3c(c2)CNCC(=O)N3)cccc1OC.Cl. The lowest BCUT2D eigenvalue weighted by Gasteiger charge is -2.19. The maximum absolute atomic E-state index is 12.7. The number of carbonyl (C=O) groups is 2. The molecule has 0 saturated heterocycles. The summed E-state index contributed by atoms with van der Waals surface area (Å²) in [5.74, 6) is 1.60. The van der Waals surface area contributed by atoms with E-state index >= 15 is 0 Å². The molecule has 1 aromatic carbocycles. The fourth-order valence-corrected chi connectivity index (χ4v) is 3.20. The molecule has 0 bridgehead atoms. The van der Waals surface area contributed by atoms with Crippen LogP contribution in [0.5, 0.6) is 11.5 Å². The molecule has 0 fully saturated rings. The number of likely N-dealkylation sites (N-methyl/N-ethyl adjacent to an activating group) is 1. The molecular weight excluding hydrogens is 432 g/mol. The lowest BCUT2D eigenvalue weighted by molar-refractivity contribution is -0.125. The Morgan fingerprint density at radius 2 is 2.12 bits per heavy atom. The number of aromatic nitrogens is 1. The minimum atomic E-state index is -0.148. The lowest BCUT2D eigenvalue weighted by Crippen LogP contribution is -2.24. The van der Waals surface area contributed by atoms with Gasteiger partial charge in [0.25, 0.3) is 0 Å². The van der Waals surface area contributed by atoms with E-state index in [0.29, 0.717) is 37.0 Å². The van der Waals surface area contributed by atoms with Gasteiger partial charge in [-0.05, 0) is 30.2 Å². The van der Waals surface area contributed by atoms with E-state index in [4.69, 9.17) is 9.47 Å². The third kappa shape index (κ3) is 6.45. The van der Waals surface area contributed by atoms with Crippen molar-refractivity contribution in [2.24, 2.45) is 0 Å². The van der Waals surface area contributed by atoms with Crippen LogP contribution < -0.4 is 20.1 Å². The topological polar surface area (TPSA) is 92.8 Å². The van der Waals surface area contributed by atoms with Gasteiger partial charge in [-0.15, -0.1) is 12.4 Å². The number of para-hydroxylation sites is 1. The van der Waals surface area contributed by atoms with Gasteiger partial charge in [-0.2, -0.15) is 0 Å². The van der Waals surface area contributed by atoms with E-state index in [2.05, 4.69) is 15.6 Å². The Balaban J connectivity index is 0.00000363. The number of hydrogen-bond acceptors (Lipinski definition) is 6. The molecule has 0 unspecified atom stereocenters. The van der Waals surface area contributed by atoms with E-state index in [-0.39, 0.29) is 30.8 Å². The Morgan fingerprint density at radius 1 is 1.31 bits per heavy atom. The summed E-state index contributed by atoms with van der Waals surface area (Å²) in [5, 5.41) is 5.80. The average Bonchev–Trinajstić information content (AvgIpc) is 2.96. The van der Waals surface area contributed by atoms with E-state index in [1.165, 1.54) is 6.08 Å². The van der Waals surface area contributed by atoms with Crippen LogP contribution in [0.1, 0.15) is 30.0 Å². The molecule has 2 amide bonds. The molecule has 2 aromatic rings. The van der Waals surface area contributed by atoms with Crippen LogP contribution in [0.4, 0.5) is 5.82 Å². The van der Waals surface area contributed by atoms with Crippen LogP contribution in [-0.4, -0.2) is 49.0 Å². The molecule has 0 radical (unpaired) electrons. The number of anilines is 1. The molecule has 1 aromatic heterocycles. The van der Waals surface area contributed by atoms with Crippen molar-refractivity contribution in [3.8, 4) is 11.5 Å². The number of ether oxygens (including phenoxy) is 2. The summed E-state index contributed by atoms with van der Waals surface area (Å²) in [5.41, 5.74) is 2.54. The van der Waals surface area contributed by atoms with E-state index < -0.39 is 0 Å². The van der Waals surface area contributed by atoms with Crippen molar-refractivity contribution in [1.82, 2.24) is 15.2 Å². The second-order valence-electron chi connectivity index (χ2n) is 7.25. The smallest absolute Gasteiger partial charge is 0.246 e. The predicted molar refractivity (Wildman–Crippen MR) is 126 cm³/mol. The average molecular weight is 461 g/mol. The number of hydrogen-bond donors (Lipinski definition) is 2. The molecule has 2 heterocycles. The highest BCUT2D eigenvalue weighted by Crippen LogP contribution is 2.32. The number of fused-ring (bicyclic) bond motifs is 1. The van der Waals surface area contributed by atoms with Crippen LogP contribution in [-0.2, 0) is 22.7 Å². The number of methoxy groups -OCH3 is 1. The van der Waals surface area contributed by atoms with Crippen LogP contribution in [0.15, 0.2) is 36.5 Å². The first-order valence-corrected chi connectivity index (χ1v) is 10.2. The minimum absolute atomic E-state index is 0. The van der Waals surface area contributed by atoms with Gasteiger partial charge in [-0.25, -0.2) is 4.98 Å². The van der Waals surface area contributed by atoms with Crippen LogP contribution in [0.25, 0.3) is 6.08 Å². The quantitative estimate of drug-likeness (QED) is 0.588. The van der Waals surface area contributed by atoms with E-state index in [1.54, 1.807) is 31.3 Å². The largest absolute Gasteiger partial charge is 0.493 e. The second kappa shape index (κ2) is 12.1. The third-order valence-corrected chi connectivity index (χ3v) is 4.78. The number of nitrogens with zero attached hydrogens (tertiary/aromatic N) is 2. The highest BCUT2D eigenvalue weighted by molar-refractivity contribution is 5.93. The molecule has 172 valence electrons. The van der Waals surface area contributed by atoms with E-state index in [9.17, 15) is 9.59 Å². The zero-order valence-electron chi connectivity index (χ0n) is 18.5. The molecule has 0 atom stereocenters. The van der Waals surface area contributed by atoms with Crippen LogP contribution in [0.2, 0.25) is 0 Å². The fourth-order valence-electron chi connectivity index (χ4n) is 3.20. The molecular formula is C23H29ClN4O4. The van der Waals surface area contributed by atoms with Crippen LogP contribution >= 0.6 is 12.4 Å². The molecule has 0 spiro atoms. The third-order valence-electron chi connectivity index (χ3n) is 4.78. The summed E-state index contributed by atoms with van der Waals surface area (Å²) < 4.78 is 11.3. The summed E-state index contributed by atoms with van der Waals surface area (Å²) in [6.45, 7) is 3.78. The first-order chi connectivity index (χ1) is 15.0. The number of rotatable bonds is 8. The zero-order valence-corrected chi connectivity index (χ0v) is 19.3. The Hall–Kier alpha value is -3.10. The monoisotopic (exact) mass is 460 g/mol. The molecule has 32 heavy (non-hydrogen) atoms.